The number of carbonyl (C=O) groups is 1. The van der Waals surface area contributed by atoms with E-state index in [0.717, 1.165) is 19.4 Å². The van der Waals surface area contributed by atoms with Gasteiger partial charge in [-0.3, -0.25) is 13.9 Å². The molecule has 0 aromatic rings. The molecular weight excluding hydrogens is 266 g/mol. The van der Waals surface area contributed by atoms with Gasteiger partial charge in [0.15, 0.2) is 0 Å². The van der Waals surface area contributed by atoms with Gasteiger partial charge in [-0.2, -0.15) is 16.8 Å². The molecule has 0 spiro atoms. The minimum Gasteiger partial charge on any atom is -0.346 e. The van der Waals surface area contributed by atoms with Crippen molar-refractivity contribution in [1.82, 2.24) is 4.90 Å². The molecule has 0 aromatic heterocycles. The molecule has 0 aromatic carbocycles. The molecule has 1 saturated heterocycles. The van der Waals surface area contributed by atoms with Gasteiger partial charge in [0.05, 0.1) is 0 Å². The summed E-state index contributed by atoms with van der Waals surface area (Å²) in [4.78, 5) is 12.3. The van der Waals surface area contributed by atoms with Gasteiger partial charge in [0.1, 0.15) is 0 Å². The lowest BCUT2D eigenvalue weighted by Crippen LogP contribution is -2.17. The van der Waals surface area contributed by atoms with Crippen molar-refractivity contribution in [2.24, 2.45) is 0 Å². The summed E-state index contributed by atoms with van der Waals surface area (Å²) in [5.41, 5.74) is 0. The van der Waals surface area contributed by atoms with Gasteiger partial charge in [-0.05, 0) is 6.42 Å². The predicted molar refractivity (Wildman–Crippen MR) is 51.1 cm³/mol. The largest absolute Gasteiger partial charge is 0.413 e. The van der Waals surface area contributed by atoms with Crippen LogP contribution in [-0.4, -0.2) is 50.3 Å². The van der Waals surface area contributed by atoms with Gasteiger partial charge in [-0.15, -0.1) is 3.63 Å². The Kier molecular flexibility index (Phi) is 5.28. The average molecular weight is 277 g/mol. The summed E-state index contributed by atoms with van der Waals surface area (Å²) in [5.74, 6) is 0.292. The summed E-state index contributed by atoms with van der Waals surface area (Å²) in [6.07, 6.45) is 1.81. The second-order valence-electron chi connectivity index (χ2n) is 2.84. The number of carbonyl (C=O) groups excluding carboxylic acids is 1. The van der Waals surface area contributed by atoms with E-state index in [0.29, 0.717) is 5.91 Å². The predicted octanol–water partition coefficient (Wildman–Crippen LogP) is -1.15. The maximum absolute atomic E-state index is 10.5. The molecule has 0 radical (unpaired) electrons. The molecule has 0 unspecified atom stereocenters. The van der Waals surface area contributed by atoms with Crippen molar-refractivity contribution in [3.63, 3.8) is 0 Å². The van der Waals surface area contributed by atoms with E-state index < -0.39 is 20.8 Å². The number of hydrogen-bond acceptors (Lipinski definition) is 6. The fourth-order valence-electron chi connectivity index (χ4n) is 0.892. The molecule has 2 N–H and O–H groups in total. The zero-order chi connectivity index (χ0) is 13.0. The first-order valence-corrected chi connectivity index (χ1v) is 6.64. The maximum atomic E-state index is 10.5. The van der Waals surface area contributed by atoms with Gasteiger partial charge >= 0.3 is 20.8 Å². The van der Waals surface area contributed by atoms with Crippen LogP contribution in [-0.2, 0) is 29.2 Å². The second-order valence-corrected chi connectivity index (χ2v) is 5.10. The zero-order valence-electron chi connectivity index (χ0n) is 8.23. The van der Waals surface area contributed by atoms with Crippen LogP contribution >= 0.6 is 0 Å². The molecule has 0 saturated carbocycles. The van der Waals surface area contributed by atoms with Crippen LogP contribution in [0.1, 0.15) is 12.8 Å². The van der Waals surface area contributed by atoms with E-state index in [1.165, 1.54) is 0 Å². The average Bonchev–Trinajstić information content (AvgIpc) is 2.29. The normalized spacial score (nSPS) is 16.9. The molecule has 0 atom stereocenters. The maximum Gasteiger partial charge on any atom is 0.413 e. The van der Waals surface area contributed by atoms with E-state index in [2.05, 4.69) is 3.63 Å². The van der Waals surface area contributed by atoms with Crippen molar-refractivity contribution in [2.45, 2.75) is 12.8 Å². The molecule has 1 amide bonds. The molecule has 96 valence electrons. The van der Waals surface area contributed by atoms with Crippen LogP contribution in [0.15, 0.2) is 0 Å². The number of likely N-dealkylation sites (tertiary alicyclic amines) is 1. The zero-order valence-corrected chi connectivity index (χ0v) is 9.86. The van der Waals surface area contributed by atoms with Gasteiger partial charge in [-0.25, -0.2) is 0 Å². The fourth-order valence-corrected chi connectivity index (χ4v) is 1.76. The van der Waals surface area contributed by atoms with Crippen LogP contribution in [0, 0.1) is 0 Å². The summed E-state index contributed by atoms with van der Waals surface area (Å²) >= 11 is 0. The highest BCUT2D eigenvalue weighted by molar-refractivity contribution is 7.94. The van der Waals surface area contributed by atoms with Crippen molar-refractivity contribution < 1.29 is 34.4 Å². The SMILES string of the molecule is CN1CCCC1=O.O=S(=O)(O)OS(=O)(=O)O. The van der Waals surface area contributed by atoms with Crippen LogP contribution in [0.4, 0.5) is 0 Å². The minimum absolute atomic E-state index is 0.292. The standard InChI is InChI=1S/C5H9NO.H2O7S2/c1-6-4-2-3-5(6)7;1-8(2,3)7-9(4,5)6/h2-4H2,1H3;(H,1,2,3)(H,4,5,6). The van der Waals surface area contributed by atoms with Crippen molar-refractivity contribution in [2.75, 3.05) is 13.6 Å². The Balaban J connectivity index is 0.000000288. The van der Waals surface area contributed by atoms with E-state index in [1.807, 2.05) is 7.05 Å². The molecule has 16 heavy (non-hydrogen) atoms. The minimum atomic E-state index is -5.12. The van der Waals surface area contributed by atoms with Crippen molar-refractivity contribution >= 4 is 26.7 Å². The van der Waals surface area contributed by atoms with Gasteiger partial charge in [0.2, 0.25) is 5.91 Å². The number of rotatable bonds is 2. The van der Waals surface area contributed by atoms with Crippen LogP contribution < -0.4 is 0 Å². The smallest absolute Gasteiger partial charge is 0.346 e. The highest BCUT2D eigenvalue weighted by Gasteiger charge is 2.15. The summed E-state index contributed by atoms with van der Waals surface area (Å²) < 4.78 is 55.6. The Bertz CT molecular complexity index is 407. The van der Waals surface area contributed by atoms with E-state index in [9.17, 15) is 21.6 Å². The van der Waals surface area contributed by atoms with Crippen molar-refractivity contribution in [3.05, 3.63) is 0 Å². The van der Waals surface area contributed by atoms with E-state index in [4.69, 9.17) is 9.11 Å². The van der Waals surface area contributed by atoms with Gasteiger partial charge in [0.25, 0.3) is 0 Å². The Morgan fingerprint density at radius 2 is 1.62 bits per heavy atom. The first kappa shape index (κ1) is 15.2. The lowest BCUT2D eigenvalue weighted by Gasteiger charge is -2.03. The van der Waals surface area contributed by atoms with E-state index in [-0.39, 0.29) is 0 Å². The van der Waals surface area contributed by atoms with Crippen molar-refractivity contribution in [3.8, 4) is 0 Å². The molecule has 1 fully saturated rings. The third-order valence-electron chi connectivity index (χ3n) is 1.48. The lowest BCUT2D eigenvalue weighted by atomic mass is 10.4. The first-order valence-electron chi connectivity index (χ1n) is 3.91. The lowest BCUT2D eigenvalue weighted by molar-refractivity contribution is -0.126. The van der Waals surface area contributed by atoms with E-state index in [1.54, 1.807) is 4.90 Å². The Hall–Kier alpha value is -0.750. The highest BCUT2D eigenvalue weighted by atomic mass is 32.3. The molecule has 11 heteroatoms. The molecular formula is C5H11NO8S2. The molecule has 0 bridgehead atoms. The van der Waals surface area contributed by atoms with Crippen LogP contribution in [0.25, 0.3) is 0 Å². The topological polar surface area (TPSA) is 138 Å². The third kappa shape index (κ3) is 8.55. The first-order chi connectivity index (χ1) is 7.01. The molecule has 1 aliphatic rings. The molecule has 9 nitrogen and oxygen atoms in total. The quantitative estimate of drug-likeness (QED) is 0.603. The Morgan fingerprint density at radius 3 is 1.69 bits per heavy atom. The number of nitrogens with zero attached hydrogens (tertiary/aromatic N) is 1. The van der Waals surface area contributed by atoms with Gasteiger partial charge < -0.3 is 4.90 Å². The fraction of sp³-hybridized carbons (Fsp3) is 0.800. The van der Waals surface area contributed by atoms with E-state index >= 15 is 0 Å². The summed E-state index contributed by atoms with van der Waals surface area (Å²) in [6.45, 7) is 0.957. The molecule has 1 rings (SSSR count). The van der Waals surface area contributed by atoms with Gasteiger partial charge in [0, 0.05) is 20.0 Å². The molecule has 1 heterocycles. The Morgan fingerprint density at radius 1 is 1.19 bits per heavy atom. The molecule has 0 aliphatic carbocycles. The Labute approximate surface area is 92.9 Å². The molecule has 1 aliphatic heterocycles. The van der Waals surface area contributed by atoms with Crippen LogP contribution in [0.5, 0.6) is 0 Å². The monoisotopic (exact) mass is 277 g/mol. The second kappa shape index (κ2) is 5.54. The number of amides is 1. The van der Waals surface area contributed by atoms with Crippen molar-refractivity contribution in [1.29, 1.82) is 0 Å². The summed E-state index contributed by atoms with van der Waals surface area (Å²) in [7, 11) is -8.40. The summed E-state index contributed by atoms with van der Waals surface area (Å²) in [6, 6.07) is 0. The highest BCUT2D eigenvalue weighted by Crippen LogP contribution is 2.04. The summed E-state index contributed by atoms with van der Waals surface area (Å²) in [5, 5.41) is 0. The van der Waals surface area contributed by atoms with Gasteiger partial charge in [-0.1, -0.05) is 0 Å². The number of hydrogen-bond donors (Lipinski definition) is 2. The third-order valence-corrected chi connectivity index (χ3v) is 2.86. The van der Waals surface area contributed by atoms with Crippen LogP contribution in [0.2, 0.25) is 0 Å². The van der Waals surface area contributed by atoms with Crippen LogP contribution in [0.3, 0.4) is 0 Å².